The van der Waals surface area contributed by atoms with Gasteiger partial charge >= 0.3 is 5.97 Å². The summed E-state index contributed by atoms with van der Waals surface area (Å²) in [5, 5.41) is 7.73. The third kappa shape index (κ3) is 3.31. The van der Waals surface area contributed by atoms with Crippen molar-refractivity contribution in [2.45, 2.75) is 43.1 Å². The van der Waals surface area contributed by atoms with Crippen LogP contribution in [0.15, 0.2) is 0 Å². The van der Waals surface area contributed by atoms with Crippen LogP contribution < -0.4 is 0 Å². The minimum absolute atomic E-state index is 0.0376. The topological polar surface area (TPSA) is 101 Å². The van der Waals surface area contributed by atoms with Crippen molar-refractivity contribution in [1.29, 1.82) is 0 Å². The maximum Gasteiger partial charge on any atom is 0.308 e. The van der Waals surface area contributed by atoms with Gasteiger partial charge in [0, 0.05) is 26.3 Å². The molecule has 1 saturated carbocycles. The fourth-order valence-electron chi connectivity index (χ4n) is 3.96. The number of carboxylic acid groups (broad SMARTS) is 1. The molecule has 136 valence electrons. The molecule has 3 fully saturated rings. The fraction of sp³-hybridized carbons (Fsp3) is 0.875. The number of aliphatic carboxylic acids is 1. The summed E-state index contributed by atoms with van der Waals surface area (Å²) >= 11 is 0. The van der Waals surface area contributed by atoms with Gasteiger partial charge in [0.15, 0.2) is 9.84 Å². The third-order valence-corrected chi connectivity index (χ3v) is 8.28. The van der Waals surface area contributed by atoms with E-state index in [4.69, 9.17) is 4.74 Å². The maximum absolute atomic E-state index is 12.7. The highest BCUT2D eigenvalue weighted by molar-refractivity contribution is 7.93. The van der Waals surface area contributed by atoms with E-state index in [1.54, 1.807) is 0 Å². The zero-order chi connectivity index (χ0) is 17.5. The van der Waals surface area contributed by atoms with Gasteiger partial charge in [-0.2, -0.15) is 0 Å². The summed E-state index contributed by atoms with van der Waals surface area (Å²) in [7, 11) is -3.58. The molecule has 0 spiro atoms. The van der Waals surface area contributed by atoms with Gasteiger partial charge in [-0.3, -0.25) is 9.59 Å². The van der Waals surface area contributed by atoms with Crippen LogP contribution in [-0.2, 0) is 24.2 Å². The van der Waals surface area contributed by atoms with Crippen LogP contribution in [-0.4, -0.2) is 67.1 Å². The van der Waals surface area contributed by atoms with Gasteiger partial charge in [0.1, 0.15) is 5.25 Å². The van der Waals surface area contributed by atoms with Gasteiger partial charge in [-0.1, -0.05) is 0 Å². The first-order valence-electron chi connectivity index (χ1n) is 8.64. The average molecular weight is 359 g/mol. The number of hydrogen-bond acceptors (Lipinski definition) is 5. The highest BCUT2D eigenvalue weighted by Gasteiger charge is 2.49. The van der Waals surface area contributed by atoms with Crippen LogP contribution in [0.2, 0.25) is 0 Å². The number of nitrogens with zero attached hydrogens (tertiary/aromatic N) is 1. The molecular weight excluding hydrogens is 334 g/mol. The molecule has 1 amide bonds. The number of hydrogen-bond donors (Lipinski definition) is 1. The van der Waals surface area contributed by atoms with Crippen LogP contribution in [0.3, 0.4) is 0 Å². The minimum atomic E-state index is -3.58. The van der Waals surface area contributed by atoms with E-state index < -0.39 is 38.1 Å². The fourth-order valence-corrected chi connectivity index (χ4v) is 5.82. The van der Waals surface area contributed by atoms with E-state index in [2.05, 4.69) is 0 Å². The van der Waals surface area contributed by atoms with Gasteiger partial charge in [0.2, 0.25) is 5.91 Å². The second kappa shape index (κ2) is 6.63. The van der Waals surface area contributed by atoms with E-state index in [9.17, 15) is 23.1 Å². The number of likely N-dealkylation sites (tertiary alicyclic amines) is 1. The Bertz CT molecular complexity index is 608. The Labute approximate surface area is 142 Å². The van der Waals surface area contributed by atoms with Gasteiger partial charge in [0.05, 0.1) is 11.2 Å². The number of carboxylic acids is 1. The summed E-state index contributed by atoms with van der Waals surface area (Å²) in [5.74, 6) is -1.58. The highest BCUT2D eigenvalue weighted by atomic mass is 32.2. The van der Waals surface area contributed by atoms with Gasteiger partial charge < -0.3 is 14.7 Å². The van der Waals surface area contributed by atoms with Crippen LogP contribution in [0.5, 0.6) is 0 Å². The molecule has 1 aliphatic carbocycles. The zero-order valence-corrected chi connectivity index (χ0v) is 14.7. The van der Waals surface area contributed by atoms with Crippen molar-refractivity contribution in [2.75, 3.05) is 26.3 Å². The van der Waals surface area contributed by atoms with Crippen LogP contribution >= 0.6 is 0 Å². The quantitative estimate of drug-likeness (QED) is 0.769. The Balaban J connectivity index is 1.70. The first-order chi connectivity index (χ1) is 11.3. The highest BCUT2D eigenvalue weighted by Crippen LogP contribution is 2.44. The van der Waals surface area contributed by atoms with Crippen molar-refractivity contribution < 1.29 is 27.9 Å². The molecule has 2 saturated heterocycles. The lowest BCUT2D eigenvalue weighted by Gasteiger charge is -2.27. The molecule has 24 heavy (non-hydrogen) atoms. The van der Waals surface area contributed by atoms with E-state index >= 15 is 0 Å². The zero-order valence-electron chi connectivity index (χ0n) is 13.9. The molecule has 7 nitrogen and oxygen atoms in total. The molecule has 2 aliphatic heterocycles. The number of rotatable bonds is 5. The van der Waals surface area contributed by atoms with Crippen molar-refractivity contribution in [2.24, 2.45) is 17.8 Å². The third-order valence-electron chi connectivity index (χ3n) is 5.70. The van der Waals surface area contributed by atoms with Crippen molar-refractivity contribution in [1.82, 2.24) is 4.90 Å². The molecule has 0 radical (unpaired) electrons. The second-order valence-corrected chi connectivity index (χ2v) is 9.78. The molecule has 1 N–H and O–H groups in total. The first-order valence-corrected chi connectivity index (χ1v) is 10.3. The molecule has 2 heterocycles. The Kier molecular flexibility index (Phi) is 4.88. The molecular formula is C16H25NO6S. The lowest BCUT2D eigenvalue weighted by Crippen LogP contribution is -2.45. The summed E-state index contributed by atoms with van der Waals surface area (Å²) in [6, 6.07) is 0. The predicted octanol–water partition coefficient (Wildman–Crippen LogP) is 0.538. The molecule has 1 unspecified atom stereocenters. The molecule has 0 aromatic carbocycles. The van der Waals surface area contributed by atoms with E-state index in [0.29, 0.717) is 38.5 Å². The van der Waals surface area contributed by atoms with Gasteiger partial charge in [-0.15, -0.1) is 0 Å². The number of carbonyl (C=O) groups is 2. The largest absolute Gasteiger partial charge is 0.481 e. The lowest BCUT2D eigenvalue weighted by atomic mass is 9.92. The summed E-state index contributed by atoms with van der Waals surface area (Å²) < 4.78 is 30.6. The van der Waals surface area contributed by atoms with Crippen molar-refractivity contribution in [3.05, 3.63) is 0 Å². The van der Waals surface area contributed by atoms with E-state index in [1.807, 2.05) is 0 Å². The Hall–Kier alpha value is -1.15. The molecule has 0 aromatic heterocycles. The molecule has 8 heteroatoms. The normalized spacial score (nSPS) is 30.3. The van der Waals surface area contributed by atoms with Gasteiger partial charge in [-0.05, 0) is 44.4 Å². The summed E-state index contributed by atoms with van der Waals surface area (Å²) in [4.78, 5) is 25.6. The molecule has 3 atom stereocenters. The Morgan fingerprint density at radius 3 is 2.29 bits per heavy atom. The van der Waals surface area contributed by atoms with Crippen LogP contribution in [0.4, 0.5) is 0 Å². The Morgan fingerprint density at radius 2 is 1.75 bits per heavy atom. The minimum Gasteiger partial charge on any atom is -0.481 e. The van der Waals surface area contributed by atoms with Crippen LogP contribution in [0.25, 0.3) is 0 Å². The van der Waals surface area contributed by atoms with Crippen LogP contribution in [0.1, 0.15) is 32.6 Å². The van der Waals surface area contributed by atoms with E-state index in [-0.39, 0.29) is 12.5 Å². The maximum atomic E-state index is 12.7. The molecule has 3 rings (SSSR count). The molecule has 3 aliphatic rings. The number of carbonyl (C=O) groups excluding carboxylic acids is 1. The second-order valence-electron chi connectivity index (χ2n) is 7.23. The molecule has 0 bridgehead atoms. The van der Waals surface area contributed by atoms with E-state index in [0.717, 1.165) is 12.8 Å². The number of ether oxygens (including phenoxy) is 1. The first kappa shape index (κ1) is 17.7. The summed E-state index contributed by atoms with van der Waals surface area (Å²) in [5.41, 5.74) is 0. The standard InChI is InChI=1S/C16H25NO6S/c1-10(24(21,22)12-4-6-23-7-5-12)15(18)17-8-13(11-2-3-11)14(9-17)16(19)20/h10-14H,2-9H2,1H3,(H,19,20)/t10?,13-,14+/m1/s1. The van der Waals surface area contributed by atoms with Crippen molar-refractivity contribution >= 4 is 21.7 Å². The van der Waals surface area contributed by atoms with Gasteiger partial charge in [-0.25, -0.2) is 8.42 Å². The van der Waals surface area contributed by atoms with Crippen molar-refractivity contribution in [3.8, 4) is 0 Å². The Morgan fingerprint density at radius 1 is 1.12 bits per heavy atom. The SMILES string of the molecule is CC(C(=O)N1C[C@H](C(=O)O)[C@@H](C2CC2)C1)S(=O)(=O)C1CCOCC1. The monoisotopic (exact) mass is 359 g/mol. The van der Waals surface area contributed by atoms with Crippen molar-refractivity contribution in [3.63, 3.8) is 0 Å². The lowest BCUT2D eigenvalue weighted by molar-refractivity contribution is -0.142. The predicted molar refractivity (Wildman–Crippen MR) is 86.1 cm³/mol. The summed E-state index contributed by atoms with van der Waals surface area (Å²) in [6.45, 7) is 2.74. The van der Waals surface area contributed by atoms with Crippen LogP contribution in [0, 0.1) is 17.8 Å². The van der Waals surface area contributed by atoms with Gasteiger partial charge in [0.25, 0.3) is 0 Å². The number of amides is 1. The average Bonchev–Trinajstić information content (AvgIpc) is 3.32. The number of sulfone groups is 1. The molecule has 0 aromatic rings. The van der Waals surface area contributed by atoms with E-state index in [1.165, 1.54) is 11.8 Å². The summed E-state index contributed by atoms with van der Waals surface area (Å²) in [6.07, 6.45) is 2.85. The smallest absolute Gasteiger partial charge is 0.308 e.